The van der Waals surface area contributed by atoms with Gasteiger partial charge in [-0.1, -0.05) is 0 Å². The maximum absolute atomic E-state index is 13.0. The molecule has 1 atom stereocenters. The minimum atomic E-state index is -0.369. The third-order valence-electron chi connectivity index (χ3n) is 4.23. The van der Waals surface area contributed by atoms with Crippen LogP contribution < -0.4 is 5.73 Å². The molecule has 1 saturated heterocycles. The van der Waals surface area contributed by atoms with Gasteiger partial charge in [-0.3, -0.25) is 9.59 Å². The van der Waals surface area contributed by atoms with Crippen LogP contribution in [0.3, 0.4) is 0 Å². The summed E-state index contributed by atoms with van der Waals surface area (Å²) in [6.45, 7) is 2.41. The van der Waals surface area contributed by atoms with Gasteiger partial charge in [-0.2, -0.15) is 0 Å². The van der Waals surface area contributed by atoms with Gasteiger partial charge >= 0.3 is 0 Å². The van der Waals surface area contributed by atoms with Gasteiger partial charge in [0.25, 0.3) is 5.91 Å². The van der Waals surface area contributed by atoms with Gasteiger partial charge in [-0.05, 0) is 30.7 Å². The summed E-state index contributed by atoms with van der Waals surface area (Å²) in [4.78, 5) is 28.2. The molecule has 0 spiro atoms. The summed E-state index contributed by atoms with van der Waals surface area (Å²) in [6, 6.07) is 5.52. The number of ether oxygens (including phenoxy) is 1. The number of nitrogens with zero attached hydrogens (tertiary/aromatic N) is 2. The van der Waals surface area contributed by atoms with E-state index in [9.17, 15) is 14.0 Å². The first-order valence-electron chi connectivity index (χ1n) is 8.10. The molecular weight excluding hydrogens is 313 g/mol. The van der Waals surface area contributed by atoms with Crippen molar-refractivity contribution in [3.8, 4) is 0 Å². The third-order valence-corrected chi connectivity index (χ3v) is 4.23. The van der Waals surface area contributed by atoms with Crippen molar-refractivity contribution in [2.75, 3.05) is 39.8 Å². The number of rotatable bonds is 5. The standard InChI is InChI=1S/C17H24FN3O3/c1-24-15(12-19)11-16(22)20-7-2-8-21(10-9-20)17(23)13-3-5-14(18)6-4-13/h3-6,15H,2,7-12,19H2,1H3. The number of hydrogen-bond donors (Lipinski definition) is 1. The van der Waals surface area contributed by atoms with Crippen molar-refractivity contribution in [3.05, 3.63) is 35.6 Å². The number of halogens is 1. The number of methoxy groups -OCH3 is 1. The van der Waals surface area contributed by atoms with Crippen molar-refractivity contribution in [1.29, 1.82) is 0 Å². The van der Waals surface area contributed by atoms with E-state index < -0.39 is 0 Å². The molecule has 1 aromatic carbocycles. The van der Waals surface area contributed by atoms with E-state index in [2.05, 4.69) is 0 Å². The maximum Gasteiger partial charge on any atom is 0.253 e. The fourth-order valence-electron chi connectivity index (χ4n) is 2.73. The highest BCUT2D eigenvalue weighted by atomic mass is 19.1. The first kappa shape index (κ1) is 18.4. The van der Waals surface area contributed by atoms with Gasteiger partial charge in [-0.25, -0.2) is 4.39 Å². The molecule has 7 heteroatoms. The van der Waals surface area contributed by atoms with Crippen LogP contribution in [-0.4, -0.2) is 67.6 Å². The lowest BCUT2D eigenvalue weighted by Gasteiger charge is -2.23. The average Bonchev–Trinajstić information content (AvgIpc) is 2.85. The van der Waals surface area contributed by atoms with E-state index in [-0.39, 0.29) is 30.2 Å². The summed E-state index contributed by atoms with van der Waals surface area (Å²) < 4.78 is 18.1. The number of nitrogens with two attached hydrogens (primary N) is 1. The van der Waals surface area contributed by atoms with Crippen LogP contribution >= 0.6 is 0 Å². The maximum atomic E-state index is 13.0. The van der Waals surface area contributed by atoms with Crippen molar-refractivity contribution in [1.82, 2.24) is 9.80 Å². The summed E-state index contributed by atoms with van der Waals surface area (Å²) in [7, 11) is 1.54. The molecule has 2 amide bonds. The lowest BCUT2D eigenvalue weighted by molar-refractivity contribution is -0.133. The van der Waals surface area contributed by atoms with Gasteiger partial charge in [0.15, 0.2) is 0 Å². The molecule has 6 nitrogen and oxygen atoms in total. The zero-order valence-electron chi connectivity index (χ0n) is 13.9. The molecule has 132 valence electrons. The lowest BCUT2D eigenvalue weighted by Crippen LogP contribution is -2.39. The van der Waals surface area contributed by atoms with E-state index in [1.165, 1.54) is 31.4 Å². The molecule has 0 radical (unpaired) electrons. The Kier molecular flexibility index (Phi) is 6.69. The monoisotopic (exact) mass is 337 g/mol. The molecule has 2 rings (SSSR count). The van der Waals surface area contributed by atoms with E-state index >= 15 is 0 Å². The molecule has 1 heterocycles. The Morgan fingerprint density at radius 1 is 1.17 bits per heavy atom. The van der Waals surface area contributed by atoms with E-state index in [1.54, 1.807) is 9.80 Å². The molecule has 1 aliphatic heterocycles. The van der Waals surface area contributed by atoms with Gasteiger partial charge in [-0.15, -0.1) is 0 Å². The highest BCUT2D eigenvalue weighted by Crippen LogP contribution is 2.12. The Labute approximate surface area is 141 Å². The molecular formula is C17H24FN3O3. The van der Waals surface area contributed by atoms with E-state index in [4.69, 9.17) is 10.5 Å². The van der Waals surface area contributed by atoms with E-state index in [1.807, 2.05) is 0 Å². The van der Waals surface area contributed by atoms with E-state index in [0.717, 1.165) is 0 Å². The van der Waals surface area contributed by atoms with Crippen LogP contribution in [0.25, 0.3) is 0 Å². The first-order chi connectivity index (χ1) is 11.5. The molecule has 1 aromatic rings. The van der Waals surface area contributed by atoms with Gasteiger partial charge < -0.3 is 20.3 Å². The van der Waals surface area contributed by atoms with Crippen LogP contribution in [0.4, 0.5) is 4.39 Å². The van der Waals surface area contributed by atoms with Crippen molar-refractivity contribution in [2.24, 2.45) is 5.73 Å². The van der Waals surface area contributed by atoms with Gasteiger partial charge in [0.1, 0.15) is 5.82 Å². The summed E-state index contributed by atoms with van der Waals surface area (Å²) in [5.41, 5.74) is 6.01. The predicted molar refractivity (Wildman–Crippen MR) is 88.0 cm³/mol. The molecule has 1 unspecified atom stereocenters. The number of amides is 2. The molecule has 0 aromatic heterocycles. The molecule has 0 saturated carbocycles. The van der Waals surface area contributed by atoms with Crippen LogP contribution in [0.1, 0.15) is 23.2 Å². The van der Waals surface area contributed by atoms with Crippen LogP contribution in [-0.2, 0) is 9.53 Å². The van der Waals surface area contributed by atoms with Crippen LogP contribution in [0, 0.1) is 5.82 Å². The SMILES string of the molecule is COC(CN)CC(=O)N1CCCN(C(=O)c2ccc(F)cc2)CC1. The number of carbonyl (C=O) groups excluding carboxylic acids is 2. The summed E-state index contributed by atoms with van der Waals surface area (Å²) >= 11 is 0. The van der Waals surface area contributed by atoms with Crippen LogP contribution in [0.2, 0.25) is 0 Å². The highest BCUT2D eigenvalue weighted by molar-refractivity contribution is 5.94. The second-order valence-corrected chi connectivity index (χ2v) is 5.83. The second-order valence-electron chi connectivity index (χ2n) is 5.83. The third kappa shape index (κ3) is 4.75. The summed E-state index contributed by atoms with van der Waals surface area (Å²) in [5, 5.41) is 0. The van der Waals surface area contributed by atoms with E-state index in [0.29, 0.717) is 44.7 Å². The largest absolute Gasteiger partial charge is 0.380 e. The Morgan fingerprint density at radius 2 is 1.79 bits per heavy atom. The average molecular weight is 337 g/mol. The topological polar surface area (TPSA) is 75.9 Å². The summed E-state index contributed by atoms with van der Waals surface area (Å²) in [6.07, 6.45) is 0.676. The van der Waals surface area contributed by atoms with Crippen molar-refractivity contribution in [3.63, 3.8) is 0 Å². The van der Waals surface area contributed by atoms with Gasteiger partial charge in [0.05, 0.1) is 12.5 Å². The van der Waals surface area contributed by atoms with Gasteiger partial charge in [0.2, 0.25) is 5.91 Å². The Hall–Kier alpha value is -1.99. The first-order valence-corrected chi connectivity index (χ1v) is 8.10. The minimum absolute atomic E-state index is 0.0108. The Morgan fingerprint density at radius 3 is 2.42 bits per heavy atom. The molecule has 1 aliphatic rings. The number of carbonyl (C=O) groups is 2. The molecule has 0 bridgehead atoms. The minimum Gasteiger partial charge on any atom is -0.380 e. The van der Waals surface area contributed by atoms with Crippen molar-refractivity contribution < 1.29 is 18.7 Å². The van der Waals surface area contributed by atoms with Crippen molar-refractivity contribution in [2.45, 2.75) is 18.9 Å². The molecule has 0 aliphatic carbocycles. The normalized spacial score (nSPS) is 16.6. The highest BCUT2D eigenvalue weighted by Gasteiger charge is 2.24. The second kappa shape index (κ2) is 8.75. The number of benzene rings is 1. The summed E-state index contributed by atoms with van der Waals surface area (Å²) in [5.74, 6) is -0.517. The zero-order chi connectivity index (χ0) is 17.5. The van der Waals surface area contributed by atoms with Crippen LogP contribution in [0.15, 0.2) is 24.3 Å². The Bertz CT molecular complexity index is 561. The fourth-order valence-corrected chi connectivity index (χ4v) is 2.73. The molecule has 1 fully saturated rings. The quantitative estimate of drug-likeness (QED) is 0.865. The predicted octanol–water partition coefficient (Wildman–Crippen LogP) is 0.864. The molecule has 24 heavy (non-hydrogen) atoms. The Balaban J connectivity index is 1.93. The van der Waals surface area contributed by atoms with Gasteiger partial charge in [0, 0.05) is 45.4 Å². The molecule has 2 N–H and O–H groups in total. The van der Waals surface area contributed by atoms with Crippen molar-refractivity contribution >= 4 is 11.8 Å². The van der Waals surface area contributed by atoms with Crippen LogP contribution in [0.5, 0.6) is 0 Å². The fraction of sp³-hybridized carbons (Fsp3) is 0.529. The smallest absolute Gasteiger partial charge is 0.253 e. The number of hydrogen-bond acceptors (Lipinski definition) is 4. The zero-order valence-corrected chi connectivity index (χ0v) is 13.9. The lowest BCUT2D eigenvalue weighted by atomic mass is 10.2.